The van der Waals surface area contributed by atoms with Crippen molar-refractivity contribution in [3.05, 3.63) is 88.4 Å². The molecular weight excluding hydrogens is 566 g/mol. The van der Waals surface area contributed by atoms with Crippen molar-refractivity contribution in [1.82, 2.24) is 15.1 Å². The van der Waals surface area contributed by atoms with Crippen LogP contribution in [0.25, 0.3) is 11.5 Å². The Morgan fingerprint density at radius 1 is 0.947 bits per heavy atom. The Morgan fingerprint density at radius 2 is 1.66 bits per heavy atom. The average Bonchev–Trinajstić information content (AvgIpc) is 3.41. The molecular formula is C28H26BrN5O3S. The Balaban J connectivity index is 1.10. The minimum absolute atomic E-state index is 0.0417. The molecule has 1 aliphatic heterocycles. The second-order valence-electron chi connectivity index (χ2n) is 8.83. The third kappa shape index (κ3) is 6.08. The number of piperazine rings is 1. The van der Waals surface area contributed by atoms with Crippen LogP contribution in [0.3, 0.4) is 0 Å². The van der Waals surface area contributed by atoms with Gasteiger partial charge in [0.25, 0.3) is 11.1 Å². The zero-order chi connectivity index (χ0) is 26.5. The molecule has 3 aromatic carbocycles. The van der Waals surface area contributed by atoms with Gasteiger partial charge in [-0.3, -0.25) is 9.59 Å². The third-order valence-electron chi connectivity index (χ3n) is 6.30. The second-order valence-corrected chi connectivity index (χ2v) is 10.6. The standard InChI is InChI=1S/C28H26BrN5O3S/c1-19-6-2-3-7-22(19)26-31-32-28(37-26)38-18-25(35)30-20-10-12-21(13-11-20)33-14-16-34(17-15-33)27(36)23-8-4-5-9-24(23)29/h2-13H,14-18H2,1H3,(H,30,35). The van der Waals surface area contributed by atoms with E-state index in [1.165, 1.54) is 11.8 Å². The van der Waals surface area contributed by atoms with Crippen LogP contribution >= 0.6 is 27.7 Å². The summed E-state index contributed by atoms with van der Waals surface area (Å²) in [4.78, 5) is 29.5. The summed E-state index contributed by atoms with van der Waals surface area (Å²) < 4.78 is 6.53. The van der Waals surface area contributed by atoms with Gasteiger partial charge in [0.15, 0.2) is 0 Å². The van der Waals surface area contributed by atoms with Crippen LogP contribution in [0.1, 0.15) is 15.9 Å². The Morgan fingerprint density at radius 3 is 2.39 bits per heavy atom. The van der Waals surface area contributed by atoms with Gasteiger partial charge in [0.2, 0.25) is 11.8 Å². The lowest BCUT2D eigenvalue weighted by molar-refractivity contribution is -0.113. The summed E-state index contributed by atoms with van der Waals surface area (Å²) in [5, 5.41) is 11.4. The molecule has 8 nitrogen and oxygen atoms in total. The lowest BCUT2D eigenvalue weighted by Crippen LogP contribution is -2.48. The van der Waals surface area contributed by atoms with Gasteiger partial charge >= 0.3 is 0 Å². The number of halogens is 1. The Labute approximate surface area is 233 Å². The molecule has 0 radical (unpaired) electrons. The Kier molecular flexibility index (Phi) is 8.09. The molecule has 0 bridgehead atoms. The number of carbonyl (C=O) groups is 2. The summed E-state index contributed by atoms with van der Waals surface area (Å²) >= 11 is 4.67. The number of hydrogen-bond acceptors (Lipinski definition) is 7. The molecule has 0 spiro atoms. The lowest BCUT2D eigenvalue weighted by Gasteiger charge is -2.36. The number of nitrogens with one attached hydrogen (secondary N) is 1. The summed E-state index contributed by atoms with van der Waals surface area (Å²) in [7, 11) is 0. The van der Waals surface area contributed by atoms with Crippen LogP contribution < -0.4 is 10.2 Å². The highest BCUT2D eigenvalue weighted by atomic mass is 79.9. The van der Waals surface area contributed by atoms with E-state index < -0.39 is 0 Å². The molecule has 5 rings (SSSR count). The van der Waals surface area contributed by atoms with Crippen molar-refractivity contribution < 1.29 is 14.0 Å². The van der Waals surface area contributed by atoms with Gasteiger partial charge < -0.3 is 19.5 Å². The van der Waals surface area contributed by atoms with Gasteiger partial charge in [-0.15, -0.1) is 10.2 Å². The number of rotatable bonds is 7. The van der Waals surface area contributed by atoms with E-state index in [0.29, 0.717) is 35.5 Å². The summed E-state index contributed by atoms with van der Waals surface area (Å²) in [6.07, 6.45) is 0. The second kappa shape index (κ2) is 11.8. The molecule has 0 atom stereocenters. The SMILES string of the molecule is Cc1ccccc1-c1nnc(SCC(=O)Nc2ccc(N3CCN(C(=O)c4ccccc4Br)CC3)cc2)o1. The fourth-order valence-electron chi connectivity index (χ4n) is 4.24. The summed E-state index contributed by atoms with van der Waals surface area (Å²) in [5.74, 6) is 0.488. The minimum atomic E-state index is -0.155. The Hall–Kier alpha value is -3.63. The lowest BCUT2D eigenvalue weighted by atomic mass is 10.1. The number of nitrogens with zero attached hydrogens (tertiary/aromatic N) is 4. The molecule has 0 unspecified atom stereocenters. The van der Waals surface area contributed by atoms with Crippen LogP contribution in [0, 0.1) is 6.92 Å². The highest BCUT2D eigenvalue weighted by molar-refractivity contribution is 9.10. The smallest absolute Gasteiger partial charge is 0.277 e. The van der Waals surface area contributed by atoms with Crippen molar-refractivity contribution in [3.8, 4) is 11.5 Å². The number of aryl methyl sites for hydroxylation is 1. The van der Waals surface area contributed by atoms with Gasteiger partial charge in [-0.25, -0.2) is 0 Å². The van der Waals surface area contributed by atoms with E-state index in [0.717, 1.165) is 34.4 Å². The number of aromatic nitrogens is 2. The molecule has 0 aliphatic carbocycles. The van der Waals surface area contributed by atoms with E-state index in [9.17, 15) is 9.59 Å². The zero-order valence-electron chi connectivity index (χ0n) is 20.8. The summed E-state index contributed by atoms with van der Waals surface area (Å²) in [5.41, 5.74) is 4.39. The molecule has 10 heteroatoms. The topological polar surface area (TPSA) is 91.6 Å². The molecule has 2 heterocycles. The molecule has 1 aliphatic rings. The number of carbonyl (C=O) groups excluding carboxylic acids is 2. The molecule has 2 amide bonds. The highest BCUT2D eigenvalue weighted by Gasteiger charge is 2.23. The Bertz CT molecular complexity index is 1430. The van der Waals surface area contributed by atoms with Crippen LogP contribution in [0.5, 0.6) is 0 Å². The molecule has 1 N–H and O–H groups in total. The molecule has 1 fully saturated rings. The quantitative estimate of drug-likeness (QED) is 0.284. The van der Waals surface area contributed by atoms with Gasteiger partial charge in [0, 0.05) is 47.6 Å². The van der Waals surface area contributed by atoms with E-state index >= 15 is 0 Å². The molecule has 0 saturated carbocycles. The van der Waals surface area contributed by atoms with Crippen LogP contribution in [0.4, 0.5) is 11.4 Å². The normalized spacial score (nSPS) is 13.4. The van der Waals surface area contributed by atoms with Crippen molar-refractivity contribution in [2.45, 2.75) is 12.1 Å². The van der Waals surface area contributed by atoms with E-state index in [1.54, 1.807) is 0 Å². The van der Waals surface area contributed by atoms with Crippen LogP contribution in [-0.4, -0.2) is 58.8 Å². The van der Waals surface area contributed by atoms with Crippen molar-refractivity contribution >= 4 is 50.9 Å². The van der Waals surface area contributed by atoms with Crippen molar-refractivity contribution in [1.29, 1.82) is 0 Å². The number of amides is 2. The monoisotopic (exact) mass is 591 g/mol. The first-order valence-electron chi connectivity index (χ1n) is 12.2. The largest absolute Gasteiger partial charge is 0.411 e. The van der Waals surface area contributed by atoms with E-state index in [1.807, 2.05) is 84.6 Å². The zero-order valence-corrected chi connectivity index (χ0v) is 23.2. The highest BCUT2D eigenvalue weighted by Crippen LogP contribution is 2.26. The third-order valence-corrected chi connectivity index (χ3v) is 7.81. The predicted octanol–water partition coefficient (Wildman–Crippen LogP) is 5.50. The van der Waals surface area contributed by atoms with Crippen molar-refractivity contribution in [3.63, 3.8) is 0 Å². The fourth-order valence-corrected chi connectivity index (χ4v) is 5.26. The first-order valence-corrected chi connectivity index (χ1v) is 14.0. The van der Waals surface area contributed by atoms with Gasteiger partial charge in [0.1, 0.15) is 0 Å². The molecule has 38 heavy (non-hydrogen) atoms. The first kappa shape index (κ1) is 26.0. The molecule has 4 aromatic rings. The molecule has 1 saturated heterocycles. The van der Waals surface area contributed by atoms with Crippen LogP contribution in [-0.2, 0) is 4.79 Å². The maximum absolute atomic E-state index is 12.9. The van der Waals surface area contributed by atoms with Gasteiger partial charge in [-0.05, 0) is 70.9 Å². The molecule has 194 valence electrons. The van der Waals surface area contributed by atoms with Gasteiger partial charge in [-0.1, -0.05) is 42.1 Å². The molecule has 1 aromatic heterocycles. The number of anilines is 2. The maximum atomic E-state index is 12.9. The summed E-state index contributed by atoms with van der Waals surface area (Å²) in [6.45, 7) is 4.77. The average molecular weight is 593 g/mol. The van der Waals surface area contributed by atoms with E-state index in [-0.39, 0.29) is 17.6 Å². The fraction of sp³-hybridized carbons (Fsp3) is 0.214. The van der Waals surface area contributed by atoms with Crippen molar-refractivity contribution in [2.75, 3.05) is 42.1 Å². The van der Waals surface area contributed by atoms with E-state index in [2.05, 4.69) is 36.3 Å². The van der Waals surface area contributed by atoms with Crippen LogP contribution in [0.2, 0.25) is 0 Å². The van der Waals surface area contributed by atoms with Gasteiger partial charge in [-0.2, -0.15) is 0 Å². The predicted molar refractivity (Wildman–Crippen MR) is 153 cm³/mol. The minimum Gasteiger partial charge on any atom is -0.411 e. The van der Waals surface area contributed by atoms with Gasteiger partial charge in [0.05, 0.1) is 11.3 Å². The number of benzene rings is 3. The maximum Gasteiger partial charge on any atom is 0.277 e. The number of hydrogen-bond donors (Lipinski definition) is 1. The van der Waals surface area contributed by atoms with Crippen LogP contribution in [0.15, 0.2) is 86.9 Å². The van der Waals surface area contributed by atoms with E-state index in [4.69, 9.17) is 4.42 Å². The van der Waals surface area contributed by atoms with Crippen molar-refractivity contribution in [2.24, 2.45) is 0 Å². The first-order chi connectivity index (χ1) is 18.5. The summed E-state index contributed by atoms with van der Waals surface area (Å²) in [6, 6.07) is 23.0. The number of thioether (sulfide) groups is 1.